The van der Waals surface area contributed by atoms with Crippen LogP contribution in [0, 0.1) is 6.92 Å². The molecule has 8 heteroatoms. The lowest BCUT2D eigenvalue weighted by molar-refractivity contribution is 0.600. The molecule has 2 heterocycles. The largest absolute Gasteiger partial charge is 0.272 e. The zero-order valence-electron chi connectivity index (χ0n) is 12.7. The van der Waals surface area contributed by atoms with E-state index in [1.54, 1.807) is 4.68 Å². The van der Waals surface area contributed by atoms with E-state index in [1.807, 2.05) is 43.5 Å². The van der Waals surface area contributed by atoms with Gasteiger partial charge in [0.15, 0.2) is 5.13 Å². The fraction of sp³-hybridized carbons (Fsp3) is 0.200. The standard InChI is InChI=1S/C15H16N4O2S2/c1-3-19-9-12(8-16-19)23(20,21)18-15-17-14(10-22-15)13-7-5-4-6-11(13)2/h4-10H,3H2,1-2H3,(H,17,18). The van der Waals surface area contributed by atoms with Crippen LogP contribution in [0.2, 0.25) is 0 Å². The molecule has 0 spiro atoms. The predicted octanol–water partition coefficient (Wildman–Crippen LogP) is 3.14. The maximum absolute atomic E-state index is 12.3. The van der Waals surface area contributed by atoms with Crippen LogP contribution in [-0.2, 0) is 16.6 Å². The molecule has 2 aromatic heterocycles. The van der Waals surface area contributed by atoms with Gasteiger partial charge in [0.25, 0.3) is 10.0 Å². The predicted molar refractivity (Wildman–Crippen MR) is 91.0 cm³/mol. The lowest BCUT2D eigenvalue weighted by Crippen LogP contribution is -2.12. The Labute approximate surface area is 138 Å². The van der Waals surface area contributed by atoms with Gasteiger partial charge in [0.05, 0.1) is 11.9 Å². The number of sulfonamides is 1. The molecular formula is C15H16N4O2S2. The molecule has 1 N–H and O–H groups in total. The Bertz CT molecular complexity index is 928. The molecule has 0 radical (unpaired) electrons. The van der Waals surface area contributed by atoms with Crippen molar-refractivity contribution in [1.29, 1.82) is 0 Å². The summed E-state index contributed by atoms with van der Waals surface area (Å²) < 4.78 is 28.8. The quantitative estimate of drug-likeness (QED) is 0.768. The molecule has 0 atom stereocenters. The molecular weight excluding hydrogens is 332 g/mol. The molecule has 3 rings (SSSR count). The molecule has 6 nitrogen and oxygen atoms in total. The number of nitrogens with zero attached hydrogens (tertiary/aromatic N) is 3. The number of nitrogens with one attached hydrogen (secondary N) is 1. The number of hydrogen-bond acceptors (Lipinski definition) is 5. The normalized spacial score (nSPS) is 11.6. The van der Waals surface area contributed by atoms with Crippen LogP contribution in [0.1, 0.15) is 12.5 Å². The van der Waals surface area contributed by atoms with Crippen LogP contribution in [0.4, 0.5) is 5.13 Å². The van der Waals surface area contributed by atoms with E-state index < -0.39 is 10.0 Å². The van der Waals surface area contributed by atoms with Gasteiger partial charge in [-0.05, 0) is 19.4 Å². The molecule has 1 aromatic carbocycles. The van der Waals surface area contributed by atoms with Crippen LogP contribution >= 0.6 is 11.3 Å². The van der Waals surface area contributed by atoms with Crippen molar-refractivity contribution in [2.75, 3.05) is 4.72 Å². The summed E-state index contributed by atoms with van der Waals surface area (Å²) in [6, 6.07) is 7.86. The van der Waals surface area contributed by atoms with Gasteiger partial charge < -0.3 is 0 Å². The Hall–Kier alpha value is -2.19. The van der Waals surface area contributed by atoms with Crippen LogP contribution in [-0.4, -0.2) is 23.2 Å². The van der Waals surface area contributed by atoms with E-state index in [2.05, 4.69) is 14.8 Å². The Morgan fingerprint density at radius 3 is 2.78 bits per heavy atom. The Kier molecular flexibility index (Phi) is 4.18. The molecule has 0 bridgehead atoms. The molecule has 23 heavy (non-hydrogen) atoms. The third kappa shape index (κ3) is 3.27. The second-order valence-electron chi connectivity index (χ2n) is 4.99. The smallest absolute Gasteiger partial charge is 0.266 e. The first-order valence-corrected chi connectivity index (χ1v) is 9.42. The van der Waals surface area contributed by atoms with Gasteiger partial charge in [-0.25, -0.2) is 13.4 Å². The number of benzene rings is 1. The van der Waals surface area contributed by atoms with Crippen LogP contribution in [0.25, 0.3) is 11.3 Å². The first-order valence-electron chi connectivity index (χ1n) is 7.06. The van der Waals surface area contributed by atoms with Gasteiger partial charge in [0.2, 0.25) is 0 Å². The topological polar surface area (TPSA) is 76.9 Å². The van der Waals surface area contributed by atoms with E-state index >= 15 is 0 Å². The molecule has 0 aliphatic rings. The monoisotopic (exact) mass is 348 g/mol. The summed E-state index contributed by atoms with van der Waals surface area (Å²) >= 11 is 1.26. The van der Waals surface area contributed by atoms with Crippen molar-refractivity contribution < 1.29 is 8.42 Å². The molecule has 0 aliphatic carbocycles. The summed E-state index contributed by atoms with van der Waals surface area (Å²) in [6.07, 6.45) is 2.83. The zero-order valence-corrected chi connectivity index (χ0v) is 14.4. The fourth-order valence-corrected chi connectivity index (χ4v) is 4.05. The van der Waals surface area contributed by atoms with Crippen LogP contribution in [0.15, 0.2) is 46.9 Å². The van der Waals surface area contributed by atoms with E-state index in [9.17, 15) is 8.42 Å². The highest BCUT2D eigenvalue weighted by atomic mass is 32.2. The van der Waals surface area contributed by atoms with E-state index in [0.717, 1.165) is 16.8 Å². The minimum Gasteiger partial charge on any atom is -0.272 e. The molecule has 120 valence electrons. The number of hydrogen-bond donors (Lipinski definition) is 1. The van der Waals surface area contributed by atoms with Crippen molar-refractivity contribution in [2.45, 2.75) is 25.3 Å². The van der Waals surface area contributed by atoms with Gasteiger partial charge >= 0.3 is 0 Å². The van der Waals surface area contributed by atoms with Crippen molar-refractivity contribution in [3.63, 3.8) is 0 Å². The molecule has 0 saturated carbocycles. The number of aryl methyl sites for hydroxylation is 2. The average molecular weight is 348 g/mol. The Balaban J connectivity index is 1.85. The van der Waals surface area contributed by atoms with Crippen LogP contribution < -0.4 is 4.72 Å². The Morgan fingerprint density at radius 2 is 2.09 bits per heavy atom. The highest BCUT2D eigenvalue weighted by Gasteiger charge is 2.18. The van der Waals surface area contributed by atoms with Gasteiger partial charge in [0, 0.05) is 23.7 Å². The van der Waals surface area contributed by atoms with Crippen molar-refractivity contribution in [1.82, 2.24) is 14.8 Å². The van der Waals surface area contributed by atoms with E-state index in [1.165, 1.54) is 23.7 Å². The second-order valence-corrected chi connectivity index (χ2v) is 7.53. The molecule has 3 aromatic rings. The minimum absolute atomic E-state index is 0.131. The molecule has 0 fully saturated rings. The van der Waals surface area contributed by atoms with E-state index in [4.69, 9.17) is 0 Å². The lowest BCUT2D eigenvalue weighted by atomic mass is 10.1. The van der Waals surface area contributed by atoms with Gasteiger partial charge in [-0.1, -0.05) is 24.3 Å². The third-order valence-corrected chi connectivity index (χ3v) is 5.57. The summed E-state index contributed by atoms with van der Waals surface area (Å²) in [7, 11) is -3.67. The summed E-state index contributed by atoms with van der Waals surface area (Å²) in [4.78, 5) is 4.51. The summed E-state index contributed by atoms with van der Waals surface area (Å²) in [5.74, 6) is 0. The first kappa shape index (κ1) is 15.7. The average Bonchev–Trinajstić information content (AvgIpc) is 3.16. The number of rotatable bonds is 5. The highest BCUT2D eigenvalue weighted by Crippen LogP contribution is 2.28. The van der Waals surface area contributed by atoms with Crippen LogP contribution in [0.5, 0.6) is 0 Å². The lowest BCUT2D eigenvalue weighted by Gasteiger charge is -2.03. The highest BCUT2D eigenvalue weighted by molar-refractivity contribution is 7.93. The van der Waals surface area contributed by atoms with Crippen molar-refractivity contribution in [2.24, 2.45) is 0 Å². The maximum atomic E-state index is 12.3. The molecule has 0 aliphatic heterocycles. The van der Waals surface area contributed by atoms with Gasteiger partial charge in [-0.3, -0.25) is 9.40 Å². The van der Waals surface area contributed by atoms with Crippen LogP contribution in [0.3, 0.4) is 0 Å². The molecule has 0 unspecified atom stereocenters. The fourth-order valence-electron chi connectivity index (χ4n) is 2.13. The van der Waals surface area contributed by atoms with Crippen molar-refractivity contribution in [3.05, 3.63) is 47.6 Å². The van der Waals surface area contributed by atoms with Gasteiger partial charge in [-0.2, -0.15) is 5.10 Å². The van der Waals surface area contributed by atoms with E-state index in [0.29, 0.717) is 11.7 Å². The van der Waals surface area contributed by atoms with E-state index in [-0.39, 0.29) is 4.90 Å². The summed E-state index contributed by atoms with van der Waals surface area (Å²) in [5, 5.41) is 6.17. The third-order valence-electron chi connectivity index (χ3n) is 3.39. The summed E-state index contributed by atoms with van der Waals surface area (Å²) in [6.45, 7) is 4.51. The first-order chi connectivity index (χ1) is 11.0. The maximum Gasteiger partial charge on any atom is 0.266 e. The number of thiazole rings is 1. The van der Waals surface area contributed by atoms with Gasteiger partial charge in [-0.15, -0.1) is 11.3 Å². The van der Waals surface area contributed by atoms with Crippen molar-refractivity contribution in [3.8, 4) is 11.3 Å². The van der Waals surface area contributed by atoms with Crippen molar-refractivity contribution >= 4 is 26.5 Å². The van der Waals surface area contributed by atoms with Gasteiger partial charge in [0.1, 0.15) is 4.90 Å². The summed E-state index contributed by atoms with van der Waals surface area (Å²) in [5.41, 5.74) is 2.85. The second kappa shape index (κ2) is 6.13. The minimum atomic E-state index is -3.67. The zero-order chi connectivity index (χ0) is 16.4. The molecule has 0 saturated heterocycles. The SMILES string of the molecule is CCn1cc(S(=O)(=O)Nc2nc(-c3ccccc3C)cs2)cn1. The number of aromatic nitrogens is 3. The number of anilines is 1. The Morgan fingerprint density at radius 1 is 1.30 bits per heavy atom. The molecule has 0 amide bonds.